The molecule has 20 heavy (non-hydrogen) atoms. The highest BCUT2D eigenvalue weighted by molar-refractivity contribution is 9.10. The summed E-state index contributed by atoms with van der Waals surface area (Å²) in [6, 6.07) is 4.07. The molecular formula is C15H22BrNO3. The molecule has 0 atom stereocenters. The first-order chi connectivity index (χ1) is 9.52. The second-order valence-electron chi connectivity index (χ2n) is 5.88. The van der Waals surface area contributed by atoms with Gasteiger partial charge in [0.2, 0.25) is 0 Å². The van der Waals surface area contributed by atoms with Gasteiger partial charge in [0.15, 0.2) is 11.5 Å². The minimum absolute atomic E-state index is 0.109. The Morgan fingerprint density at radius 1 is 1.30 bits per heavy atom. The average Bonchev–Trinajstić information content (AvgIpc) is 2.64. The highest BCUT2D eigenvalue weighted by Crippen LogP contribution is 2.38. The maximum atomic E-state index is 9.24. The monoisotopic (exact) mass is 343 g/mol. The van der Waals surface area contributed by atoms with Crippen molar-refractivity contribution >= 4 is 15.9 Å². The fourth-order valence-corrected chi connectivity index (χ4v) is 2.59. The van der Waals surface area contributed by atoms with E-state index in [2.05, 4.69) is 21.2 Å². The number of aliphatic hydroxyl groups excluding tert-OH is 1. The molecule has 0 spiro atoms. The topological polar surface area (TPSA) is 50.7 Å². The highest BCUT2D eigenvalue weighted by Gasteiger charge is 2.17. The standard InChI is InChI=1S/C15H22BrNO3/c1-15(2,10-18)9-17-8-11-6-12(16)14-13(7-11)19-4-3-5-20-14/h6-7,17-18H,3-5,8-10H2,1-2H3. The third-order valence-electron chi connectivity index (χ3n) is 3.22. The molecule has 1 aromatic carbocycles. The molecule has 1 aromatic rings. The summed E-state index contributed by atoms with van der Waals surface area (Å²) < 4.78 is 12.3. The van der Waals surface area contributed by atoms with Crippen LogP contribution in [-0.2, 0) is 6.54 Å². The van der Waals surface area contributed by atoms with Crippen molar-refractivity contribution in [3.63, 3.8) is 0 Å². The summed E-state index contributed by atoms with van der Waals surface area (Å²) in [4.78, 5) is 0. The normalized spacial score (nSPS) is 15.0. The van der Waals surface area contributed by atoms with Gasteiger partial charge in [-0.25, -0.2) is 0 Å². The zero-order valence-corrected chi connectivity index (χ0v) is 13.6. The molecule has 5 heteroatoms. The summed E-state index contributed by atoms with van der Waals surface area (Å²) in [5.41, 5.74) is 1.03. The van der Waals surface area contributed by atoms with Crippen LogP contribution in [0.5, 0.6) is 11.5 Å². The molecule has 0 aliphatic carbocycles. The van der Waals surface area contributed by atoms with Gasteiger partial charge in [0.25, 0.3) is 0 Å². The molecule has 112 valence electrons. The predicted octanol–water partition coefficient (Wildman–Crippen LogP) is 2.72. The lowest BCUT2D eigenvalue weighted by atomic mass is 9.95. The molecule has 4 nitrogen and oxygen atoms in total. The second kappa shape index (κ2) is 6.78. The van der Waals surface area contributed by atoms with Gasteiger partial charge in [0, 0.05) is 31.5 Å². The molecule has 0 aromatic heterocycles. The van der Waals surface area contributed by atoms with Gasteiger partial charge >= 0.3 is 0 Å². The van der Waals surface area contributed by atoms with Gasteiger partial charge in [-0.1, -0.05) is 13.8 Å². The minimum Gasteiger partial charge on any atom is -0.490 e. The lowest BCUT2D eigenvalue weighted by molar-refractivity contribution is 0.156. The van der Waals surface area contributed by atoms with Crippen molar-refractivity contribution in [3.05, 3.63) is 22.2 Å². The molecule has 2 N–H and O–H groups in total. The summed E-state index contributed by atoms with van der Waals surface area (Å²) in [7, 11) is 0. The smallest absolute Gasteiger partial charge is 0.175 e. The lowest BCUT2D eigenvalue weighted by Gasteiger charge is -2.22. The Bertz CT molecular complexity index is 463. The van der Waals surface area contributed by atoms with Crippen LogP contribution in [0.15, 0.2) is 16.6 Å². The first kappa shape index (κ1) is 15.6. The Labute approximate surface area is 128 Å². The fraction of sp³-hybridized carbons (Fsp3) is 0.600. The van der Waals surface area contributed by atoms with Crippen molar-refractivity contribution in [2.75, 3.05) is 26.4 Å². The zero-order chi connectivity index (χ0) is 14.6. The Hall–Kier alpha value is -0.780. The van der Waals surface area contributed by atoms with Crippen LogP contribution in [0.25, 0.3) is 0 Å². The fourth-order valence-electron chi connectivity index (χ4n) is 1.99. The van der Waals surface area contributed by atoms with Crippen LogP contribution in [-0.4, -0.2) is 31.5 Å². The van der Waals surface area contributed by atoms with E-state index in [9.17, 15) is 5.11 Å². The van der Waals surface area contributed by atoms with E-state index in [1.165, 1.54) is 0 Å². The second-order valence-corrected chi connectivity index (χ2v) is 6.74. The number of nitrogens with one attached hydrogen (secondary N) is 1. The summed E-state index contributed by atoms with van der Waals surface area (Å²) in [6.07, 6.45) is 0.902. The van der Waals surface area contributed by atoms with Crippen molar-refractivity contribution in [1.29, 1.82) is 0 Å². The molecule has 0 bridgehead atoms. The molecule has 0 amide bonds. The van der Waals surface area contributed by atoms with Crippen LogP contribution in [0.1, 0.15) is 25.8 Å². The first-order valence-corrected chi connectivity index (χ1v) is 7.71. The summed E-state index contributed by atoms with van der Waals surface area (Å²) in [5, 5.41) is 12.6. The van der Waals surface area contributed by atoms with Gasteiger partial charge in [-0.3, -0.25) is 0 Å². The van der Waals surface area contributed by atoms with Crippen LogP contribution in [0, 0.1) is 5.41 Å². The van der Waals surface area contributed by atoms with E-state index in [0.29, 0.717) is 13.2 Å². The predicted molar refractivity (Wildman–Crippen MR) is 82.3 cm³/mol. The molecule has 0 radical (unpaired) electrons. The number of benzene rings is 1. The largest absolute Gasteiger partial charge is 0.490 e. The van der Waals surface area contributed by atoms with E-state index >= 15 is 0 Å². The van der Waals surface area contributed by atoms with Crippen molar-refractivity contribution < 1.29 is 14.6 Å². The van der Waals surface area contributed by atoms with Crippen molar-refractivity contribution in [1.82, 2.24) is 5.32 Å². The number of aliphatic hydroxyl groups is 1. The van der Waals surface area contributed by atoms with Crippen molar-refractivity contribution in [2.24, 2.45) is 5.41 Å². The number of halogens is 1. The maximum absolute atomic E-state index is 9.24. The van der Waals surface area contributed by atoms with Crippen molar-refractivity contribution in [2.45, 2.75) is 26.8 Å². The number of fused-ring (bicyclic) bond motifs is 1. The molecule has 0 unspecified atom stereocenters. The van der Waals surface area contributed by atoms with Gasteiger partial charge in [0.1, 0.15) is 0 Å². The van der Waals surface area contributed by atoms with Gasteiger partial charge in [0.05, 0.1) is 17.7 Å². The van der Waals surface area contributed by atoms with Gasteiger partial charge in [-0.2, -0.15) is 0 Å². The lowest BCUT2D eigenvalue weighted by Crippen LogP contribution is -2.31. The van der Waals surface area contributed by atoms with Gasteiger partial charge < -0.3 is 19.9 Å². The quantitative estimate of drug-likeness (QED) is 0.862. The molecular weight excluding hydrogens is 322 g/mol. The molecule has 1 heterocycles. The number of hydrogen-bond donors (Lipinski definition) is 2. The summed E-state index contributed by atoms with van der Waals surface area (Å²) in [5.74, 6) is 1.59. The van der Waals surface area contributed by atoms with Crippen LogP contribution in [0.4, 0.5) is 0 Å². The van der Waals surface area contributed by atoms with Gasteiger partial charge in [-0.05, 0) is 33.6 Å². The van der Waals surface area contributed by atoms with Gasteiger partial charge in [-0.15, -0.1) is 0 Å². The van der Waals surface area contributed by atoms with E-state index < -0.39 is 0 Å². The summed E-state index contributed by atoms with van der Waals surface area (Å²) in [6.45, 7) is 7.11. The Balaban J connectivity index is 2.02. The average molecular weight is 344 g/mol. The molecule has 1 aliphatic rings. The third kappa shape index (κ3) is 4.11. The number of rotatable bonds is 5. The van der Waals surface area contributed by atoms with E-state index in [-0.39, 0.29) is 12.0 Å². The van der Waals surface area contributed by atoms with E-state index in [1.54, 1.807) is 0 Å². The van der Waals surface area contributed by atoms with E-state index in [1.807, 2.05) is 26.0 Å². The maximum Gasteiger partial charge on any atom is 0.175 e. The highest BCUT2D eigenvalue weighted by atomic mass is 79.9. The van der Waals surface area contributed by atoms with E-state index in [4.69, 9.17) is 9.47 Å². The summed E-state index contributed by atoms with van der Waals surface area (Å²) >= 11 is 3.54. The first-order valence-electron chi connectivity index (χ1n) is 6.91. The number of ether oxygens (including phenoxy) is 2. The SMILES string of the molecule is CC(C)(CO)CNCc1cc(Br)c2c(c1)OCCCO2. The molecule has 0 fully saturated rings. The Kier molecular flexibility index (Phi) is 5.29. The van der Waals surface area contributed by atoms with E-state index in [0.717, 1.165) is 41.0 Å². The van der Waals surface area contributed by atoms with Crippen LogP contribution >= 0.6 is 15.9 Å². The molecule has 0 saturated heterocycles. The molecule has 0 saturated carbocycles. The molecule has 2 rings (SSSR count). The van der Waals surface area contributed by atoms with Crippen LogP contribution in [0.3, 0.4) is 0 Å². The van der Waals surface area contributed by atoms with Crippen LogP contribution in [0.2, 0.25) is 0 Å². The number of hydrogen-bond acceptors (Lipinski definition) is 4. The molecule has 1 aliphatic heterocycles. The Morgan fingerprint density at radius 2 is 2.05 bits per heavy atom. The van der Waals surface area contributed by atoms with Crippen molar-refractivity contribution in [3.8, 4) is 11.5 Å². The Morgan fingerprint density at radius 3 is 2.80 bits per heavy atom. The minimum atomic E-state index is -0.109. The zero-order valence-electron chi connectivity index (χ0n) is 12.0. The van der Waals surface area contributed by atoms with Crippen LogP contribution < -0.4 is 14.8 Å². The third-order valence-corrected chi connectivity index (χ3v) is 3.81.